The first-order chi connectivity index (χ1) is 10.1. The second-order valence-electron chi connectivity index (χ2n) is 5.67. The molecule has 5 nitrogen and oxygen atoms in total. The average Bonchev–Trinajstić information content (AvgIpc) is 3.27. The van der Waals surface area contributed by atoms with E-state index in [-0.39, 0.29) is 23.8 Å². The van der Waals surface area contributed by atoms with E-state index in [4.69, 9.17) is 0 Å². The Morgan fingerprint density at radius 3 is 2.48 bits per heavy atom. The Morgan fingerprint density at radius 1 is 1.14 bits per heavy atom. The first-order valence-corrected chi connectivity index (χ1v) is 7.49. The fraction of sp³-hybridized carbons (Fsp3) is 0.500. The van der Waals surface area contributed by atoms with E-state index in [2.05, 4.69) is 16.0 Å². The van der Waals surface area contributed by atoms with Crippen molar-refractivity contribution in [3.05, 3.63) is 29.8 Å². The molecule has 2 amide bonds. The maximum Gasteiger partial charge on any atom is 0.253 e. The molecule has 1 aliphatic carbocycles. The van der Waals surface area contributed by atoms with Crippen LogP contribution in [-0.4, -0.2) is 30.9 Å². The second kappa shape index (κ2) is 7.11. The van der Waals surface area contributed by atoms with Gasteiger partial charge < -0.3 is 16.0 Å². The van der Waals surface area contributed by atoms with Gasteiger partial charge in [-0.3, -0.25) is 9.59 Å². The summed E-state index contributed by atoms with van der Waals surface area (Å²) in [4.78, 5) is 23.6. The molecule has 1 aliphatic rings. The standard InChI is InChI=1S/C16H23N3O2/c1-11(2)19-14-6-4-3-5-13(14)16(21)18-10-9-17-15(20)12-7-8-12/h3-6,11-12,19H,7-10H2,1-2H3,(H,17,20)(H,18,21). The highest BCUT2D eigenvalue weighted by atomic mass is 16.2. The number of carbonyl (C=O) groups excluding carboxylic acids is 2. The van der Waals surface area contributed by atoms with Crippen LogP contribution in [0.4, 0.5) is 5.69 Å². The van der Waals surface area contributed by atoms with Gasteiger partial charge in [0.15, 0.2) is 0 Å². The van der Waals surface area contributed by atoms with E-state index in [1.54, 1.807) is 6.07 Å². The van der Waals surface area contributed by atoms with Crippen molar-refractivity contribution in [2.24, 2.45) is 5.92 Å². The van der Waals surface area contributed by atoms with Crippen molar-refractivity contribution in [2.75, 3.05) is 18.4 Å². The Kier molecular flexibility index (Phi) is 5.20. The minimum absolute atomic E-state index is 0.103. The van der Waals surface area contributed by atoms with Crippen LogP contribution < -0.4 is 16.0 Å². The van der Waals surface area contributed by atoms with Crippen molar-refractivity contribution in [1.82, 2.24) is 10.6 Å². The summed E-state index contributed by atoms with van der Waals surface area (Å²) in [5.74, 6) is 0.183. The molecule has 114 valence electrons. The van der Waals surface area contributed by atoms with Crippen LogP contribution in [0.5, 0.6) is 0 Å². The zero-order chi connectivity index (χ0) is 15.2. The first kappa shape index (κ1) is 15.4. The van der Waals surface area contributed by atoms with Crippen LogP contribution in [-0.2, 0) is 4.79 Å². The summed E-state index contributed by atoms with van der Waals surface area (Å²) < 4.78 is 0. The molecule has 1 aromatic carbocycles. The molecule has 0 unspecified atom stereocenters. The van der Waals surface area contributed by atoms with E-state index >= 15 is 0 Å². The third-order valence-electron chi connectivity index (χ3n) is 3.27. The molecule has 1 aromatic rings. The quantitative estimate of drug-likeness (QED) is 0.670. The molecule has 2 rings (SSSR count). The molecule has 0 heterocycles. The van der Waals surface area contributed by atoms with Crippen molar-refractivity contribution in [2.45, 2.75) is 32.7 Å². The number of anilines is 1. The summed E-state index contributed by atoms with van der Waals surface area (Å²) in [7, 11) is 0. The molecule has 0 aliphatic heterocycles. The minimum atomic E-state index is -0.126. The van der Waals surface area contributed by atoms with Gasteiger partial charge in [0.05, 0.1) is 5.56 Å². The van der Waals surface area contributed by atoms with Gasteiger partial charge in [0, 0.05) is 30.7 Å². The number of para-hydroxylation sites is 1. The summed E-state index contributed by atoms with van der Waals surface area (Å²) >= 11 is 0. The number of hydrogen-bond donors (Lipinski definition) is 3. The topological polar surface area (TPSA) is 70.2 Å². The highest BCUT2D eigenvalue weighted by molar-refractivity contribution is 5.99. The Bertz CT molecular complexity index is 510. The van der Waals surface area contributed by atoms with Crippen LogP contribution in [0.15, 0.2) is 24.3 Å². The van der Waals surface area contributed by atoms with Crippen LogP contribution in [0.25, 0.3) is 0 Å². The zero-order valence-electron chi connectivity index (χ0n) is 12.6. The zero-order valence-corrected chi connectivity index (χ0v) is 12.6. The van der Waals surface area contributed by atoms with Crippen LogP contribution in [0, 0.1) is 5.92 Å². The molecule has 0 aromatic heterocycles. The van der Waals surface area contributed by atoms with E-state index in [9.17, 15) is 9.59 Å². The van der Waals surface area contributed by atoms with E-state index in [0.717, 1.165) is 18.5 Å². The number of nitrogens with one attached hydrogen (secondary N) is 3. The van der Waals surface area contributed by atoms with E-state index in [1.165, 1.54) is 0 Å². The number of rotatable bonds is 7. The second-order valence-corrected chi connectivity index (χ2v) is 5.67. The minimum Gasteiger partial charge on any atom is -0.382 e. The molecule has 0 saturated heterocycles. The average molecular weight is 289 g/mol. The fourth-order valence-corrected chi connectivity index (χ4v) is 2.06. The first-order valence-electron chi connectivity index (χ1n) is 7.49. The van der Waals surface area contributed by atoms with Gasteiger partial charge in [-0.1, -0.05) is 12.1 Å². The molecule has 1 saturated carbocycles. The Hall–Kier alpha value is -2.04. The highest BCUT2D eigenvalue weighted by Crippen LogP contribution is 2.28. The monoisotopic (exact) mass is 289 g/mol. The third-order valence-corrected chi connectivity index (χ3v) is 3.27. The lowest BCUT2D eigenvalue weighted by Crippen LogP contribution is -2.35. The van der Waals surface area contributed by atoms with Gasteiger partial charge in [-0.25, -0.2) is 0 Å². The largest absolute Gasteiger partial charge is 0.382 e. The molecule has 5 heteroatoms. The maximum atomic E-state index is 12.2. The van der Waals surface area contributed by atoms with Crippen LogP contribution in [0.1, 0.15) is 37.0 Å². The molecular weight excluding hydrogens is 266 g/mol. The summed E-state index contributed by atoms with van der Waals surface area (Å²) in [5, 5.41) is 8.92. The lowest BCUT2D eigenvalue weighted by molar-refractivity contribution is -0.122. The van der Waals surface area contributed by atoms with Gasteiger partial charge in [0.25, 0.3) is 5.91 Å². The molecule has 3 N–H and O–H groups in total. The molecule has 0 spiro atoms. The number of carbonyl (C=O) groups is 2. The Balaban J connectivity index is 1.80. The summed E-state index contributed by atoms with van der Waals surface area (Å²) in [5.41, 5.74) is 1.45. The molecule has 0 radical (unpaired) electrons. The molecule has 0 bridgehead atoms. The molecule has 0 atom stereocenters. The van der Waals surface area contributed by atoms with E-state index in [0.29, 0.717) is 18.7 Å². The highest BCUT2D eigenvalue weighted by Gasteiger charge is 2.29. The SMILES string of the molecule is CC(C)Nc1ccccc1C(=O)NCCNC(=O)C1CC1. The predicted molar refractivity (Wildman–Crippen MR) is 83.3 cm³/mol. The van der Waals surface area contributed by atoms with Crippen molar-refractivity contribution < 1.29 is 9.59 Å². The van der Waals surface area contributed by atoms with Gasteiger partial charge >= 0.3 is 0 Å². The van der Waals surface area contributed by atoms with Crippen LogP contribution in [0.3, 0.4) is 0 Å². The Morgan fingerprint density at radius 2 is 1.81 bits per heavy atom. The smallest absolute Gasteiger partial charge is 0.253 e. The van der Waals surface area contributed by atoms with Gasteiger partial charge in [0.1, 0.15) is 0 Å². The normalized spacial score (nSPS) is 13.9. The lowest BCUT2D eigenvalue weighted by Gasteiger charge is -2.14. The maximum absolute atomic E-state index is 12.2. The summed E-state index contributed by atoms with van der Waals surface area (Å²) in [6, 6.07) is 7.69. The van der Waals surface area contributed by atoms with Crippen molar-refractivity contribution in [3.8, 4) is 0 Å². The van der Waals surface area contributed by atoms with E-state index < -0.39 is 0 Å². The van der Waals surface area contributed by atoms with Crippen molar-refractivity contribution in [3.63, 3.8) is 0 Å². The van der Waals surface area contributed by atoms with Crippen molar-refractivity contribution in [1.29, 1.82) is 0 Å². The number of amides is 2. The molecule has 1 fully saturated rings. The van der Waals surface area contributed by atoms with Gasteiger partial charge in [-0.2, -0.15) is 0 Å². The number of benzene rings is 1. The van der Waals surface area contributed by atoms with Crippen molar-refractivity contribution >= 4 is 17.5 Å². The summed E-state index contributed by atoms with van der Waals surface area (Å²) in [6.07, 6.45) is 1.98. The van der Waals surface area contributed by atoms with Gasteiger partial charge in [0.2, 0.25) is 5.91 Å². The fourth-order valence-electron chi connectivity index (χ4n) is 2.06. The van der Waals surface area contributed by atoms with E-state index in [1.807, 2.05) is 32.0 Å². The summed E-state index contributed by atoms with van der Waals surface area (Å²) in [6.45, 7) is 4.97. The molecular formula is C16H23N3O2. The van der Waals surface area contributed by atoms with Gasteiger partial charge in [-0.15, -0.1) is 0 Å². The predicted octanol–water partition coefficient (Wildman–Crippen LogP) is 1.76. The van der Waals surface area contributed by atoms with Crippen LogP contribution >= 0.6 is 0 Å². The van der Waals surface area contributed by atoms with Gasteiger partial charge in [-0.05, 0) is 38.8 Å². The third kappa shape index (κ3) is 4.77. The Labute approximate surface area is 125 Å². The molecule has 21 heavy (non-hydrogen) atoms. The lowest BCUT2D eigenvalue weighted by atomic mass is 10.1. The number of hydrogen-bond acceptors (Lipinski definition) is 3. The van der Waals surface area contributed by atoms with Crippen LogP contribution in [0.2, 0.25) is 0 Å².